The van der Waals surface area contributed by atoms with Crippen molar-refractivity contribution < 1.29 is 8.78 Å². The lowest BCUT2D eigenvalue weighted by Gasteiger charge is -2.21. The third kappa shape index (κ3) is 3.37. The quantitative estimate of drug-likeness (QED) is 0.332. The summed E-state index contributed by atoms with van der Waals surface area (Å²) < 4.78 is 27.4. The fourth-order valence-corrected chi connectivity index (χ4v) is 3.85. The molecule has 2 heterocycles. The second-order valence-electron chi connectivity index (χ2n) is 7.09. The van der Waals surface area contributed by atoms with Gasteiger partial charge in [0, 0.05) is 23.7 Å². The zero-order valence-electron chi connectivity index (χ0n) is 16.4. The number of anilines is 2. The topological polar surface area (TPSA) is 46.3 Å². The highest BCUT2D eigenvalue weighted by Gasteiger charge is 2.17. The van der Waals surface area contributed by atoms with Gasteiger partial charge < -0.3 is 4.90 Å². The molecule has 0 atom stereocenters. The van der Waals surface area contributed by atoms with Gasteiger partial charge in [0.1, 0.15) is 5.82 Å². The molecule has 0 radical (unpaired) electrons. The molecule has 31 heavy (non-hydrogen) atoms. The van der Waals surface area contributed by atoms with E-state index in [0.717, 1.165) is 27.7 Å². The Labute approximate surface area is 181 Å². The van der Waals surface area contributed by atoms with Crippen molar-refractivity contribution in [2.24, 2.45) is 0 Å². The summed E-state index contributed by atoms with van der Waals surface area (Å²) in [6.07, 6.45) is -2.48. The van der Waals surface area contributed by atoms with E-state index in [0.29, 0.717) is 11.6 Å². The first-order chi connectivity index (χ1) is 15.0. The van der Waals surface area contributed by atoms with Crippen LogP contribution < -0.4 is 4.90 Å². The second-order valence-corrected chi connectivity index (χ2v) is 7.43. The van der Waals surface area contributed by atoms with Crippen LogP contribution in [0.15, 0.2) is 72.8 Å². The van der Waals surface area contributed by atoms with Crippen LogP contribution in [0.1, 0.15) is 12.0 Å². The number of benzene rings is 3. The fraction of sp³-hybridized carbons (Fsp3) is 0.0870. The Morgan fingerprint density at radius 1 is 0.903 bits per heavy atom. The molecule has 0 aliphatic heterocycles. The number of rotatable bonds is 4. The van der Waals surface area contributed by atoms with Crippen molar-refractivity contribution in [1.82, 2.24) is 19.6 Å². The standard InChI is InChI=1S/C23H16ClF2N5/c1-30(17-6-4-5-16(13-17)14-9-11-15(12-10-14)20(25)26)21-18-7-2-3-8-19(18)31-22(24)28-29-23(31)27-21/h2-13,20H,1H3. The summed E-state index contributed by atoms with van der Waals surface area (Å²) in [6.45, 7) is 0. The molecular weight excluding hydrogens is 420 g/mol. The smallest absolute Gasteiger partial charge is 0.263 e. The lowest BCUT2D eigenvalue weighted by Crippen LogP contribution is -2.13. The van der Waals surface area contributed by atoms with Crippen LogP contribution >= 0.6 is 11.6 Å². The summed E-state index contributed by atoms with van der Waals surface area (Å²) in [5.74, 6) is 1.11. The SMILES string of the molecule is CN(c1cccc(-c2ccc(C(F)F)cc2)c1)c1nc2nnc(Cl)n2c2ccccc12. The first kappa shape index (κ1) is 19.4. The zero-order valence-corrected chi connectivity index (χ0v) is 17.1. The number of nitrogens with zero attached hydrogens (tertiary/aromatic N) is 5. The molecule has 0 fully saturated rings. The van der Waals surface area contributed by atoms with Crippen molar-refractivity contribution in [3.05, 3.63) is 83.6 Å². The minimum absolute atomic E-state index is 0.00737. The Hall–Kier alpha value is -3.58. The molecule has 0 bridgehead atoms. The van der Waals surface area contributed by atoms with Gasteiger partial charge in [-0.05, 0) is 47.0 Å². The first-order valence-electron chi connectivity index (χ1n) is 9.54. The normalized spacial score (nSPS) is 11.5. The minimum Gasteiger partial charge on any atom is -0.329 e. The van der Waals surface area contributed by atoms with E-state index in [1.807, 2.05) is 60.5 Å². The van der Waals surface area contributed by atoms with E-state index in [4.69, 9.17) is 11.6 Å². The van der Waals surface area contributed by atoms with Gasteiger partial charge in [-0.25, -0.2) is 13.2 Å². The van der Waals surface area contributed by atoms with Gasteiger partial charge in [-0.15, -0.1) is 10.2 Å². The van der Waals surface area contributed by atoms with Crippen molar-refractivity contribution in [2.75, 3.05) is 11.9 Å². The molecular formula is C23H16ClF2N5. The number of halogens is 3. The number of hydrogen-bond donors (Lipinski definition) is 0. The predicted octanol–water partition coefficient (Wildman–Crippen LogP) is 6.30. The van der Waals surface area contributed by atoms with Crippen LogP contribution in [0.5, 0.6) is 0 Å². The molecule has 0 aliphatic rings. The summed E-state index contributed by atoms with van der Waals surface area (Å²) in [7, 11) is 1.92. The molecule has 0 saturated heterocycles. The summed E-state index contributed by atoms with van der Waals surface area (Å²) in [5, 5.41) is 9.16. The van der Waals surface area contributed by atoms with Gasteiger partial charge in [-0.2, -0.15) is 4.98 Å². The van der Waals surface area contributed by atoms with Crippen LogP contribution in [0.25, 0.3) is 27.8 Å². The number of hydrogen-bond acceptors (Lipinski definition) is 4. The molecule has 154 valence electrons. The molecule has 0 N–H and O–H groups in total. The molecule has 3 aromatic carbocycles. The van der Waals surface area contributed by atoms with E-state index in [1.54, 1.807) is 16.5 Å². The molecule has 5 nitrogen and oxygen atoms in total. The molecule has 2 aromatic heterocycles. The maximum Gasteiger partial charge on any atom is 0.263 e. The van der Waals surface area contributed by atoms with Crippen LogP contribution in [0.4, 0.5) is 20.3 Å². The Kier molecular flexibility index (Phi) is 4.75. The third-order valence-electron chi connectivity index (χ3n) is 5.25. The molecule has 0 amide bonds. The Morgan fingerprint density at radius 2 is 1.68 bits per heavy atom. The van der Waals surface area contributed by atoms with E-state index in [2.05, 4.69) is 15.2 Å². The number of aromatic nitrogens is 4. The van der Waals surface area contributed by atoms with Crippen LogP contribution in [0.2, 0.25) is 5.28 Å². The lowest BCUT2D eigenvalue weighted by molar-refractivity contribution is 0.151. The highest BCUT2D eigenvalue weighted by molar-refractivity contribution is 6.29. The highest BCUT2D eigenvalue weighted by atomic mass is 35.5. The molecule has 0 aliphatic carbocycles. The molecule has 8 heteroatoms. The maximum atomic E-state index is 12.9. The summed E-state index contributed by atoms with van der Waals surface area (Å²) >= 11 is 6.21. The summed E-state index contributed by atoms with van der Waals surface area (Å²) in [5.41, 5.74) is 3.53. The van der Waals surface area contributed by atoms with Gasteiger partial charge >= 0.3 is 0 Å². The molecule has 5 rings (SSSR count). The number of alkyl halides is 2. The van der Waals surface area contributed by atoms with Crippen molar-refractivity contribution in [3.63, 3.8) is 0 Å². The van der Waals surface area contributed by atoms with Crippen molar-refractivity contribution in [1.29, 1.82) is 0 Å². The fourth-order valence-electron chi connectivity index (χ4n) is 3.64. The van der Waals surface area contributed by atoms with Crippen LogP contribution in [0, 0.1) is 0 Å². The monoisotopic (exact) mass is 435 g/mol. The van der Waals surface area contributed by atoms with E-state index in [-0.39, 0.29) is 10.8 Å². The van der Waals surface area contributed by atoms with Gasteiger partial charge in [-0.1, -0.05) is 48.5 Å². The average molecular weight is 436 g/mol. The highest BCUT2D eigenvalue weighted by Crippen LogP contribution is 2.33. The van der Waals surface area contributed by atoms with Gasteiger partial charge in [-0.3, -0.25) is 0 Å². The summed E-state index contributed by atoms with van der Waals surface area (Å²) in [6, 6.07) is 21.9. The van der Waals surface area contributed by atoms with Crippen molar-refractivity contribution >= 4 is 39.8 Å². The predicted molar refractivity (Wildman–Crippen MR) is 118 cm³/mol. The van der Waals surface area contributed by atoms with E-state index in [9.17, 15) is 8.78 Å². The average Bonchev–Trinajstić information content (AvgIpc) is 3.19. The van der Waals surface area contributed by atoms with Gasteiger partial charge in [0.25, 0.3) is 12.2 Å². The van der Waals surface area contributed by atoms with E-state index >= 15 is 0 Å². The number of para-hydroxylation sites is 1. The minimum atomic E-state index is -2.48. The maximum absolute atomic E-state index is 12.9. The first-order valence-corrected chi connectivity index (χ1v) is 9.92. The Morgan fingerprint density at radius 3 is 2.45 bits per heavy atom. The molecule has 0 unspecified atom stereocenters. The van der Waals surface area contributed by atoms with Crippen LogP contribution in [-0.2, 0) is 0 Å². The Bertz CT molecular complexity index is 1400. The Balaban J connectivity index is 1.60. The van der Waals surface area contributed by atoms with Crippen molar-refractivity contribution in [2.45, 2.75) is 6.43 Å². The lowest BCUT2D eigenvalue weighted by atomic mass is 10.0. The third-order valence-corrected chi connectivity index (χ3v) is 5.49. The van der Waals surface area contributed by atoms with Gasteiger partial charge in [0.15, 0.2) is 0 Å². The summed E-state index contributed by atoms with van der Waals surface area (Å²) in [4.78, 5) is 6.64. The van der Waals surface area contributed by atoms with Crippen molar-refractivity contribution in [3.8, 4) is 11.1 Å². The number of fused-ring (bicyclic) bond motifs is 3. The van der Waals surface area contributed by atoms with E-state index in [1.165, 1.54) is 12.1 Å². The van der Waals surface area contributed by atoms with Gasteiger partial charge in [0.05, 0.1) is 5.52 Å². The van der Waals surface area contributed by atoms with Crippen LogP contribution in [0.3, 0.4) is 0 Å². The zero-order chi connectivity index (χ0) is 21.5. The van der Waals surface area contributed by atoms with Crippen LogP contribution in [-0.4, -0.2) is 26.6 Å². The molecule has 0 saturated carbocycles. The second kappa shape index (κ2) is 7.59. The largest absolute Gasteiger partial charge is 0.329 e. The van der Waals surface area contributed by atoms with E-state index < -0.39 is 6.43 Å². The molecule has 5 aromatic rings. The van der Waals surface area contributed by atoms with Gasteiger partial charge in [0.2, 0.25) is 5.28 Å². The molecule has 0 spiro atoms.